The van der Waals surface area contributed by atoms with Crippen molar-refractivity contribution in [3.05, 3.63) is 43.0 Å². The van der Waals surface area contributed by atoms with Crippen molar-refractivity contribution in [2.24, 2.45) is 0 Å². The van der Waals surface area contributed by atoms with Crippen LogP contribution in [0.3, 0.4) is 0 Å². The van der Waals surface area contributed by atoms with Crippen molar-refractivity contribution in [3.63, 3.8) is 0 Å². The van der Waals surface area contributed by atoms with E-state index in [1.54, 1.807) is 31.4 Å². The number of benzene rings is 1. The van der Waals surface area contributed by atoms with Gasteiger partial charge in [0, 0.05) is 6.61 Å². The van der Waals surface area contributed by atoms with E-state index in [1.165, 1.54) is 0 Å². The fourth-order valence-electron chi connectivity index (χ4n) is 0.942. The standard InChI is InChI=1S/C9H12NO2.CH3.ClH.Rh/c1-12-8-4-2-7(3-5-8)9(10)6-11;;;/h2-5,9-11H,6H2,1H3;1H3;1H;/q2*-1;;+3/p-1/t9-;;;/m1.../s1. The van der Waals surface area contributed by atoms with Gasteiger partial charge in [0.15, 0.2) is 0 Å². The van der Waals surface area contributed by atoms with Crippen LogP contribution in [0.1, 0.15) is 11.6 Å². The molecule has 0 spiro atoms. The van der Waals surface area contributed by atoms with Gasteiger partial charge in [-0.2, -0.15) is 0 Å². The van der Waals surface area contributed by atoms with E-state index in [0.717, 1.165) is 11.3 Å². The number of hydrogen-bond donors (Lipinski definition) is 1. The fraction of sp³-hybridized carbons (Fsp3) is 0.300. The summed E-state index contributed by atoms with van der Waals surface area (Å²) in [5, 5.41) is 8.70. The van der Waals surface area contributed by atoms with Crippen molar-refractivity contribution < 1.29 is 27.2 Å². The first-order valence-corrected chi connectivity index (χ1v) is 5.97. The van der Waals surface area contributed by atoms with Crippen LogP contribution in [0.25, 0.3) is 5.73 Å². The molecule has 0 aromatic heterocycles. The molecule has 3 nitrogen and oxygen atoms in total. The Labute approximate surface area is 105 Å². The van der Waals surface area contributed by atoms with Crippen molar-refractivity contribution in [2.45, 2.75) is 6.04 Å². The monoisotopic (exact) mass is 319 g/mol. The number of ether oxygens (including phenoxy) is 1. The van der Waals surface area contributed by atoms with E-state index >= 15 is 0 Å². The van der Waals surface area contributed by atoms with Gasteiger partial charge in [0.1, 0.15) is 5.75 Å². The summed E-state index contributed by atoms with van der Waals surface area (Å²) in [6, 6.07) is 6.59. The Balaban J connectivity index is 0. The first-order chi connectivity index (χ1) is 6.77. The molecule has 0 aliphatic rings. The molecule has 0 saturated carbocycles. The number of aliphatic hydroxyl groups is 1. The van der Waals surface area contributed by atoms with E-state index in [0.29, 0.717) is 0 Å². The van der Waals surface area contributed by atoms with Gasteiger partial charge in [0.05, 0.1) is 7.11 Å². The minimum absolute atomic E-state index is 0. The Morgan fingerprint density at radius 2 is 1.87 bits per heavy atom. The molecule has 1 rings (SSSR count). The molecule has 0 heterocycles. The molecule has 1 aromatic rings. The molecule has 1 atom stereocenters. The second kappa shape index (κ2) is 10.4. The van der Waals surface area contributed by atoms with Crippen molar-refractivity contribution in [1.29, 1.82) is 0 Å². The third-order valence-electron chi connectivity index (χ3n) is 1.70. The van der Waals surface area contributed by atoms with Crippen LogP contribution in [0, 0.1) is 7.43 Å². The summed E-state index contributed by atoms with van der Waals surface area (Å²) in [6.45, 7) is -0.146. The SMILES string of the molecule is COc1ccc([C@H]([NH-])CO)cc1.[CH3-].[Cl][Rh+2]. The molecule has 0 amide bonds. The van der Waals surface area contributed by atoms with Crippen LogP contribution in [-0.4, -0.2) is 18.8 Å². The van der Waals surface area contributed by atoms with Gasteiger partial charge in [-0.25, -0.2) is 0 Å². The molecule has 0 unspecified atom stereocenters. The first-order valence-electron chi connectivity index (χ1n) is 3.86. The number of aliphatic hydroxyl groups excluding tert-OH is 1. The van der Waals surface area contributed by atoms with E-state index in [9.17, 15) is 0 Å². The number of hydrogen-bond acceptors (Lipinski definition) is 2. The summed E-state index contributed by atoms with van der Waals surface area (Å²) in [5.74, 6) is 0.767. The summed E-state index contributed by atoms with van der Waals surface area (Å²) < 4.78 is 4.96. The normalized spacial score (nSPS) is 10.5. The molecule has 5 heteroatoms. The maximum absolute atomic E-state index is 8.70. The topological polar surface area (TPSA) is 53.3 Å². The third-order valence-corrected chi connectivity index (χ3v) is 1.70. The second-order valence-electron chi connectivity index (χ2n) is 2.51. The van der Waals surface area contributed by atoms with Crippen LogP contribution < -0.4 is 4.74 Å². The van der Waals surface area contributed by atoms with Gasteiger partial charge in [-0.05, 0) is 12.1 Å². The van der Waals surface area contributed by atoms with Crippen molar-refractivity contribution in [1.82, 2.24) is 0 Å². The number of rotatable bonds is 3. The summed E-state index contributed by atoms with van der Waals surface area (Å²) in [4.78, 5) is 0. The van der Waals surface area contributed by atoms with E-state index in [1.807, 2.05) is 17.3 Å². The number of methoxy groups -OCH3 is 1. The minimum atomic E-state index is -0.545. The Bertz CT molecular complexity index is 244. The molecular weight excluding hydrogens is 304 g/mol. The zero-order valence-electron chi connectivity index (χ0n) is 8.66. The zero-order chi connectivity index (χ0) is 11.0. The number of halogens is 1. The Hall–Kier alpha value is -0.147. The van der Waals surface area contributed by atoms with Crippen LogP contribution in [-0.2, 0) is 17.3 Å². The van der Waals surface area contributed by atoms with Crippen LogP contribution in [0.2, 0.25) is 0 Å². The summed E-state index contributed by atoms with van der Waals surface area (Å²) in [6.07, 6.45) is 0. The Kier molecular flexibility index (Phi) is 11.9. The van der Waals surface area contributed by atoms with Gasteiger partial charge in [0.2, 0.25) is 0 Å². The average Bonchev–Trinajstić information content (AvgIpc) is 2.31. The second-order valence-corrected chi connectivity index (χ2v) is 2.51. The van der Waals surface area contributed by atoms with E-state index in [-0.39, 0.29) is 14.0 Å². The van der Waals surface area contributed by atoms with Crippen LogP contribution in [0.5, 0.6) is 5.75 Å². The molecule has 0 fully saturated rings. The van der Waals surface area contributed by atoms with Crippen molar-refractivity contribution >= 4 is 9.69 Å². The average molecular weight is 320 g/mol. The maximum atomic E-state index is 8.70. The van der Waals surface area contributed by atoms with Gasteiger partial charge in [-0.1, -0.05) is 23.7 Å². The molecule has 0 aliphatic heterocycles. The first kappa shape index (κ1) is 17.3. The molecule has 0 radical (unpaired) electrons. The summed E-state index contributed by atoms with van der Waals surface area (Å²) in [5.41, 5.74) is 8.20. The molecule has 88 valence electrons. The van der Waals surface area contributed by atoms with Gasteiger partial charge < -0.3 is 23.0 Å². The van der Waals surface area contributed by atoms with Crippen LogP contribution >= 0.6 is 9.69 Å². The van der Waals surface area contributed by atoms with Gasteiger partial charge in [-0.3, -0.25) is 0 Å². The van der Waals surface area contributed by atoms with Gasteiger partial charge in [0.25, 0.3) is 0 Å². The van der Waals surface area contributed by atoms with Gasteiger partial charge >= 0.3 is 27.0 Å². The number of nitrogens with one attached hydrogen (secondary N) is 1. The molecule has 1 aromatic carbocycles. The summed E-state index contributed by atoms with van der Waals surface area (Å²) in [7, 11) is 6.13. The Morgan fingerprint density at radius 3 is 2.20 bits per heavy atom. The van der Waals surface area contributed by atoms with E-state index in [2.05, 4.69) is 9.69 Å². The van der Waals surface area contributed by atoms with Crippen molar-refractivity contribution in [3.8, 4) is 5.75 Å². The van der Waals surface area contributed by atoms with Crippen LogP contribution in [0.15, 0.2) is 24.3 Å². The fourth-order valence-corrected chi connectivity index (χ4v) is 0.942. The van der Waals surface area contributed by atoms with Crippen LogP contribution in [0.4, 0.5) is 0 Å². The van der Waals surface area contributed by atoms with E-state index < -0.39 is 6.04 Å². The Morgan fingerprint density at radius 1 is 1.40 bits per heavy atom. The van der Waals surface area contributed by atoms with E-state index in [4.69, 9.17) is 15.6 Å². The molecule has 2 N–H and O–H groups in total. The molecule has 15 heavy (non-hydrogen) atoms. The predicted molar refractivity (Wildman–Crippen MR) is 59.4 cm³/mol. The quantitative estimate of drug-likeness (QED) is 0.688. The van der Waals surface area contributed by atoms with Crippen molar-refractivity contribution in [2.75, 3.05) is 13.7 Å². The third kappa shape index (κ3) is 6.11. The molecule has 0 aliphatic carbocycles. The van der Waals surface area contributed by atoms with Gasteiger partial charge in [-0.15, -0.1) is 0 Å². The zero-order valence-corrected chi connectivity index (χ0v) is 11.1. The predicted octanol–water partition coefficient (Wildman–Crippen LogP) is 2.92. The molecule has 0 saturated heterocycles. The molecular formula is C10H15ClNO2Rh. The molecule has 0 bridgehead atoms. The summed E-state index contributed by atoms with van der Waals surface area (Å²) >= 11 is 2.02.